The molecule has 7 heteroatoms. The second-order valence-electron chi connectivity index (χ2n) is 6.41. The highest BCUT2D eigenvalue weighted by Crippen LogP contribution is 2.35. The van der Waals surface area contributed by atoms with Crippen LogP contribution in [-0.4, -0.2) is 27.4 Å². The number of aryl methyl sites for hydroxylation is 2. The van der Waals surface area contributed by atoms with Crippen molar-refractivity contribution in [1.82, 2.24) is 9.55 Å². The topological polar surface area (TPSA) is 61.2 Å². The van der Waals surface area contributed by atoms with E-state index in [-0.39, 0.29) is 16.8 Å². The SMILES string of the molecule is C=CCn1c(S[C@H]2CCOC2=O)nc2sc3c(c2c1=O)CCCCC3. The minimum absolute atomic E-state index is 0.00170. The van der Waals surface area contributed by atoms with Gasteiger partial charge in [0.25, 0.3) is 5.56 Å². The summed E-state index contributed by atoms with van der Waals surface area (Å²) in [6.07, 6.45) is 7.88. The summed E-state index contributed by atoms with van der Waals surface area (Å²) in [6, 6.07) is 0. The fourth-order valence-corrected chi connectivity index (χ4v) is 5.86. The van der Waals surface area contributed by atoms with E-state index in [0.29, 0.717) is 24.7 Å². The Morgan fingerprint density at radius 2 is 2.16 bits per heavy atom. The molecule has 0 radical (unpaired) electrons. The van der Waals surface area contributed by atoms with Crippen LogP contribution in [0.25, 0.3) is 10.2 Å². The maximum atomic E-state index is 13.2. The molecule has 2 aliphatic rings. The molecule has 1 aliphatic carbocycles. The van der Waals surface area contributed by atoms with Crippen LogP contribution in [0, 0.1) is 0 Å². The van der Waals surface area contributed by atoms with Crippen molar-refractivity contribution >= 4 is 39.3 Å². The predicted molar refractivity (Wildman–Crippen MR) is 101 cm³/mol. The number of esters is 1. The van der Waals surface area contributed by atoms with E-state index in [1.165, 1.54) is 35.0 Å². The molecule has 0 N–H and O–H groups in total. The highest BCUT2D eigenvalue weighted by molar-refractivity contribution is 8.00. The number of thiophene rings is 1. The first kappa shape index (κ1) is 16.8. The smallest absolute Gasteiger partial charge is 0.319 e. The molecule has 0 amide bonds. The zero-order valence-electron chi connectivity index (χ0n) is 14.0. The zero-order chi connectivity index (χ0) is 17.4. The Bertz CT molecular complexity index is 900. The van der Waals surface area contributed by atoms with Crippen LogP contribution in [0.5, 0.6) is 0 Å². The second-order valence-corrected chi connectivity index (χ2v) is 8.66. The molecule has 5 nitrogen and oxygen atoms in total. The van der Waals surface area contributed by atoms with E-state index < -0.39 is 0 Å². The fourth-order valence-electron chi connectivity index (χ4n) is 3.49. The summed E-state index contributed by atoms with van der Waals surface area (Å²) >= 11 is 2.99. The number of carbonyl (C=O) groups excluding carboxylic acids is 1. The summed E-state index contributed by atoms with van der Waals surface area (Å²) < 4.78 is 6.70. The molecule has 0 spiro atoms. The molecule has 2 aromatic heterocycles. The van der Waals surface area contributed by atoms with Crippen LogP contribution < -0.4 is 5.56 Å². The normalized spacial score (nSPS) is 20.3. The highest BCUT2D eigenvalue weighted by Gasteiger charge is 2.30. The van der Waals surface area contributed by atoms with Crippen LogP contribution in [-0.2, 0) is 28.9 Å². The Hall–Kier alpha value is -1.60. The van der Waals surface area contributed by atoms with Crippen LogP contribution in [0.2, 0.25) is 0 Å². The minimum Gasteiger partial charge on any atom is -0.465 e. The number of rotatable bonds is 4. The van der Waals surface area contributed by atoms with Gasteiger partial charge in [-0.15, -0.1) is 17.9 Å². The number of thioether (sulfide) groups is 1. The highest BCUT2D eigenvalue weighted by atomic mass is 32.2. The number of aromatic nitrogens is 2. The van der Waals surface area contributed by atoms with Crippen LogP contribution in [0.1, 0.15) is 36.1 Å². The van der Waals surface area contributed by atoms with Gasteiger partial charge in [-0.25, -0.2) is 4.98 Å². The van der Waals surface area contributed by atoms with Crippen molar-refractivity contribution in [3.8, 4) is 0 Å². The maximum Gasteiger partial charge on any atom is 0.319 e. The monoisotopic (exact) mass is 376 g/mol. The summed E-state index contributed by atoms with van der Waals surface area (Å²) in [5.74, 6) is -0.216. The van der Waals surface area contributed by atoms with Gasteiger partial charge >= 0.3 is 5.97 Å². The van der Waals surface area contributed by atoms with E-state index >= 15 is 0 Å². The van der Waals surface area contributed by atoms with E-state index in [9.17, 15) is 9.59 Å². The van der Waals surface area contributed by atoms with Gasteiger partial charge in [0, 0.05) is 17.8 Å². The second kappa shape index (κ2) is 6.96. The zero-order valence-corrected chi connectivity index (χ0v) is 15.6. The standard InChI is InChI=1S/C18H20N2O3S2/c1-2-9-20-16(21)14-11-6-4-3-5-7-12(11)24-15(14)19-18(20)25-13-8-10-23-17(13)22/h2,13H,1,3-10H2/t13-/m0/s1. The molecule has 2 aromatic rings. The third-order valence-electron chi connectivity index (χ3n) is 4.74. The number of allylic oxidation sites excluding steroid dienone is 1. The average Bonchev–Trinajstić information content (AvgIpc) is 3.07. The first-order valence-electron chi connectivity index (χ1n) is 8.68. The molecule has 0 unspecified atom stereocenters. The molecule has 1 fully saturated rings. The lowest BCUT2D eigenvalue weighted by Gasteiger charge is -2.12. The van der Waals surface area contributed by atoms with Crippen molar-refractivity contribution in [2.45, 2.75) is 55.5 Å². The molecule has 1 atom stereocenters. The first-order chi connectivity index (χ1) is 12.2. The van der Waals surface area contributed by atoms with Crippen molar-refractivity contribution in [3.63, 3.8) is 0 Å². The summed E-state index contributed by atoms with van der Waals surface area (Å²) in [4.78, 5) is 31.9. The molecule has 25 heavy (non-hydrogen) atoms. The maximum absolute atomic E-state index is 13.2. The van der Waals surface area contributed by atoms with Crippen molar-refractivity contribution in [3.05, 3.63) is 33.4 Å². The predicted octanol–water partition coefficient (Wildman–Crippen LogP) is 3.32. The minimum atomic E-state index is -0.279. The lowest BCUT2D eigenvalue weighted by atomic mass is 10.1. The molecule has 132 valence electrons. The summed E-state index contributed by atoms with van der Waals surface area (Å²) in [7, 11) is 0. The van der Waals surface area contributed by atoms with E-state index in [1.54, 1.807) is 22.0 Å². The average molecular weight is 377 g/mol. The van der Waals surface area contributed by atoms with E-state index in [1.807, 2.05) is 0 Å². The number of cyclic esters (lactones) is 1. The van der Waals surface area contributed by atoms with Gasteiger partial charge in [0.05, 0.1) is 12.0 Å². The Labute approximate surface area is 154 Å². The lowest BCUT2D eigenvalue weighted by Crippen LogP contribution is -2.24. The summed E-state index contributed by atoms with van der Waals surface area (Å²) in [6.45, 7) is 4.61. The van der Waals surface area contributed by atoms with Gasteiger partial charge in [-0.05, 0) is 31.2 Å². The summed E-state index contributed by atoms with van der Waals surface area (Å²) in [5, 5.41) is 1.10. The van der Waals surface area contributed by atoms with Crippen LogP contribution in [0.15, 0.2) is 22.6 Å². The van der Waals surface area contributed by atoms with Gasteiger partial charge in [0.15, 0.2) is 5.16 Å². The number of hydrogen-bond acceptors (Lipinski definition) is 6. The van der Waals surface area contributed by atoms with Gasteiger partial charge in [-0.1, -0.05) is 24.3 Å². The Balaban J connectivity index is 1.85. The van der Waals surface area contributed by atoms with Gasteiger partial charge in [0.2, 0.25) is 0 Å². The Kier molecular flexibility index (Phi) is 4.69. The first-order valence-corrected chi connectivity index (χ1v) is 10.4. The number of nitrogens with zero attached hydrogens (tertiary/aromatic N) is 2. The fraction of sp³-hybridized carbons (Fsp3) is 0.500. The van der Waals surface area contributed by atoms with Crippen LogP contribution in [0.4, 0.5) is 0 Å². The number of carbonyl (C=O) groups is 1. The van der Waals surface area contributed by atoms with E-state index in [4.69, 9.17) is 9.72 Å². The number of fused-ring (bicyclic) bond motifs is 3. The van der Waals surface area contributed by atoms with Crippen molar-refractivity contribution in [1.29, 1.82) is 0 Å². The Morgan fingerprint density at radius 3 is 2.92 bits per heavy atom. The largest absolute Gasteiger partial charge is 0.465 e. The molecular formula is C18H20N2O3S2. The van der Waals surface area contributed by atoms with Crippen molar-refractivity contribution in [2.75, 3.05) is 6.61 Å². The van der Waals surface area contributed by atoms with Crippen LogP contribution in [0.3, 0.4) is 0 Å². The van der Waals surface area contributed by atoms with Gasteiger partial charge < -0.3 is 4.74 Å². The summed E-state index contributed by atoms with van der Waals surface area (Å²) in [5.41, 5.74) is 1.20. The van der Waals surface area contributed by atoms with Gasteiger partial charge in [-0.2, -0.15) is 0 Å². The molecular weight excluding hydrogens is 356 g/mol. The molecule has 0 bridgehead atoms. The van der Waals surface area contributed by atoms with E-state index in [0.717, 1.165) is 29.5 Å². The molecule has 1 aliphatic heterocycles. The quantitative estimate of drug-likeness (QED) is 0.355. The van der Waals surface area contributed by atoms with Gasteiger partial charge in [0.1, 0.15) is 10.1 Å². The van der Waals surface area contributed by atoms with Gasteiger partial charge in [-0.3, -0.25) is 14.2 Å². The molecule has 3 heterocycles. The third kappa shape index (κ3) is 3.04. The van der Waals surface area contributed by atoms with Crippen molar-refractivity contribution < 1.29 is 9.53 Å². The molecule has 4 rings (SSSR count). The molecule has 0 aromatic carbocycles. The number of ether oxygens (including phenoxy) is 1. The number of hydrogen-bond donors (Lipinski definition) is 0. The van der Waals surface area contributed by atoms with Crippen LogP contribution >= 0.6 is 23.1 Å². The lowest BCUT2D eigenvalue weighted by molar-refractivity contribution is -0.137. The molecule has 1 saturated heterocycles. The third-order valence-corrected chi connectivity index (χ3v) is 7.16. The molecule has 0 saturated carbocycles. The Morgan fingerprint density at radius 1 is 1.32 bits per heavy atom. The van der Waals surface area contributed by atoms with Crippen molar-refractivity contribution in [2.24, 2.45) is 0 Å². The van der Waals surface area contributed by atoms with E-state index in [2.05, 4.69) is 6.58 Å².